The molecule has 5 heteroatoms. The highest BCUT2D eigenvalue weighted by Gasteiger charge is 2.51. The second-order valence-electron chi connectivity index (χ2n) is 4.57. The van der Waals surface area contributed by atoms with Crippen LogP contribution in [0.2, 0.25) is 0 Å². The van der Waals surface area contributed by atoms with Gasteiger partial charge >= 0.3 is 6.03 Å². The SMILES string of the molecule is CCOc1ccc2c(c1)C1(CC2)NC(=O)NC1=O. The van der Waals surface area contributed by atoms with Gasteiger partial charge in [0.25, 0.3) is 5.91 Å². The third kappa shape index (κ3) is 1.40. The molecule has 2 aliphatic rings. The third-order valence-electron chi connectivity index (χ3n) is 3.56. The van der Waals surface area contributed by atoms with E-state index in [9.17, 15) is 9.59 Å². The topological polar surface area (TPSA) is 67.4 Å². The number of amides is 3. The molecule has 1 spiro atoms. The van der Waals surface area contributed by atoms with Crippen LogP contribution in [0.25, 0.3) is 0 Å². The first kappa shape index (κ1) is 11.1. The Morgan fingerprint density at radius 2 is 2.22 bits per heavy atom. The molecule has 1 atom stereocenters. The number of imide groups is 1. The quantitative estimate of drug-likeness (QED) is 0.767. The van der Waals surface area contributed by atoms with Crippen LogP contribution in [0.3, 0.4) is 0 Å². The normalized spacial score (nSPS) is 24.9. The molecular formula is C13H14N2O3. The van der Waals surface area contributed by atoms with Gasteiger partial charge in [-0.05, 0) is 43.0 Å². The van der Waals surface area contributed by atoms with Gasteiger partial charge in [-0.3, -0.25) is 10.1 Å². The fourth-order valence-electron chi connectivity index (χ4n) is 2.74. The first-order valence-corrected chi connectivity index (χ1v) is 6.05. The molecule has 0 saturated carbocycles. The molecule has 18 heavy (non-hydrogen) atoms. The predicted octanol–water partition coefficient (Wildman–Crippen LogP) is 1.07. The van der Waals surface area contributed by atoms with Gasteiger partial charge in [0.05, 0.1) is 6.61 Å². The van der Waals surface area contributed by atoms with Crippen LogP contribution in [-0.4, -0.2) is 18.5 Å². The lowest BCUT2D eigenvalue weighted by molar-refractivity contribution is -0.124. The van der Waals surface area contributed by atoms with Crippen molar-refractivity contribution in [2.75, 3.05) is 6.61 Å². The second kappa shape index (κ2) is 3.73. The summed E-state index contributed by atoms with van der Waals surface area (Å²) in [5.74, 6) is 0.464. The number of nitrogens with one attached hydrogen (secondary N) is 2. The zero-order valence-corrected chi connectivity index (χ0v) is 10.1. The maximum absolute atomic E-state index is 12.0. The molecule has 3 rings (SSSR count). The zero-order valence-electron chi connectivity index (χ0n) is 10.1. The first-order chi connectivity index (χ1) is 8.65. The number of aryl methyl sites for hydroxylation is 1. The number of rotatable bonds is 2. The van der Waals surface area contributed by atoms with Gasteiger partial charge in [-0.25, -0.2) is 4.79 Å². The Balaban J connectivity index is 2.07. The Kier molecular flexibility index (Phi) is 2.29. The smallest absolute Gasteiger partial charge is 0.322 e. The number of ether oxygens (including phenoxy) is 1. The van der Waals surface area contributed by atoms with Gasteiger partial charge in [0.2, 0.25) is 0 Å². The molecule has 1 fully saturated rings. The molecule has 2 N–H and O–H groups in total. The summed E-state index contributed by atoms with van der Waals surface area (Å²) < 4.78 is 5.45. The van der Waals surface area contributed by atoms with E-state index in [2.05, 4.69) is 10.6 Å². The summed E-state index contributed by atoms with van der Waals surface area (Å²) in [6.45, 7) is 2.48. The lowest BCUT2D eigenvalue weighted by Gasteiger charge is -2.21. The summed E-state index contributed by atoms with van der Waals surface area (Å²) in [4.78, 5) is 23.4. The average Bonchev–Trinajstić information content (AvgIpc) is 2.83. The molecule has 1 heterocycles. The highest BCUT2D eigenvalue weighted by Crippen LogP contribution is 2.40. The molecule has 1 saturated heterocycles. The number of benzene rings is 1. The van der Waals surface area contributed by atoms with E-state index in [1.165, 1.54) is 0 Å². The van der Waals surface area contributed by atoms with Crippen LogP contribution in [0, 0.1) is 0 Å². The van der Waals surface area contributed by atoms with Crippen molar-refractivity contribution in [2.24, 2.45) is 0 Å². The standard InChI is InChI=1S/C13H14N2O3/c1-2-18-9-4-3-8-5-6-13(10(8)7-9)11(16)14-12(17)15-13/h3-4,7H,2,5-6H2,1H3,(H2,14,15,16,17). The van der Waals surface area contributed by atoms with E-state index >= 15 is 0 Å². The van der Waals surface area contributed by atoms with Crippen molar-refractivity contribution in [1.82, 2.24) is 10.6 Å². The van der Waals surface area contributed by atoms with Crippen molar-refractivity contribution in [1.29, 1.82) is 0 Å². The zero-order chi connectivity index (χ0) is 12.8. The summed E-state index contributed by atoms with van der Waals surface area (Å²) in [7, 11) is 0. The fraction of sp³-hybridized carbons (Fsp3) is 0.385. The molecule has 3 amide bonds. The second-order valence-corrected chi connectivity index (χ2v) is 4.57. The van der Waals surface area contributed by atoms with E-state index in [0.717, 1.165) is 23.3 Å². The van der Waals surface area contributed by atoms with E-state index in [1.807, 2.05) is 25.1 Å². The van der Waals surface area contributed by atoms with E-state index in [4.69, 9.17) is 4.74 Å². The maximum Gasteiger partial charge on any atom is 0.322 e. The van der Waals surface area contributed by atoms with E-state index < -0.39 is 11.6 Å². The van der Waals surface area contributed by atoms with E-state index in [0.29, 0.717) is 13.0 Å². The van der Waals surface area contributed by atoms with Gasteiger partial charge in [-0.15, -0.1) is 0 Å². The van der Waals surface area contributed by atoms with Crippen molar-refractivity contribution in [3.63, 3.8) is 0 Å². The Morgan fingerprint density at radius 3 is 2.89 bits per heavy atom. The van der Waals surface area contributed by atoms with Crippen molar-refractivity contribution in [3.05, 3.63) is 29.3 Å². The predicted molar refractivity (Wildman–Crippen MR) is 64.3 cm³/mol. The molecular weight excluding hydrogens is 232 g/mol. The Morgan fingerprint density at radius 1 is 1.39 bits per heavy atom. The fourth-order valence-corrected chi connectivity index (χ4v) is 2.74. The van der Waals surface area contributed by atoms with Crippen molar-refractivity contribution < 1.29 is 14.3 Å². The Bertz CT molecular complexity index is 541. The van der Waals surface area contributed by atoms with Crippen LogP contribution in [0.1, 0.15) is 24.5 Å². The van der Waals surface area contributed by atoms with E-state index in [1.54, 1.807) is 0 Å². The van der Waals surface area contributed by atoms with Crippen LogP contribution in [-0.2, 0) is 16.8 Å². The summed E-state index contributed by atoms with van der Waals surface area (Å²) in [5, 5.41) is 5.06. The van der Waals surface area contributed by atoms with Crippen molar-refractivity contribution >= 4 is 11.9 Å². The highest BCUT2D eigenvalue weighted by molar-refractivity contribution is 6.08. The molecule has 0 aromatic heterocycles. The van der Waals surface area contributed by atoms with Gasteiger partial charge in [0, 0.05) is 0 Å². The highest BCUT2D eigenvalue weighted by atomic mass is 16.5. The van der Waals surface area contributed by atoms with Gasteiger partial charge < -0.3 is 10.1 Å². The molecule has 5 nitrogen and oxygen atoms in total. The van der Waals surface area contributed by atoms with E-state index in [-0.39, 0.29) is 5.91 Å². The molecule has 94 valence electrons. The van der Waals surface area contributed by atoms with Crippen LogP contribution >= 0.6 is 0 Å². The van der Waals surface area contributed by atoms with Crippen LogP contribution in [0.15, 0.2) is 18.2 Å². The van der Waals surface area contributed by atoms with Crippen molar-refractivity contribution in [3.8, 4) is 5.75 Å². The number of carbonyl (C=O) groups is 2. The Hall–Kier alpha value is -2.04. The lowest BCUT2D eigenvalue weighted by atomic mass is 9.92. The number of fused-ring (bicyclic) bond motifs is 2. The number of carbonyl (C=O) groups excluding carboxylic acids is 2. The molecule has 0 bridgehead atoms. The molecule has 0 radical (unpaired) electrons. The lowest BCUT2D eigenvalue weighted by Crippen LogP contribution is -2.41. The largest absolute Gasteiger partial charge is 0.494 e. The van der Waals surface area contributed by atoms with Gasteiger partial charge in [0.1, 0.15) is 11.3 Å². The average molecular weight is 246 g/mol. The molecule has 1 aromatic carbocycles. The monoisotopic (exact) mass is 246 g/mol. The third-order valence-corrected chi connectivity index (χ3v) is 3.56. The molecule has 1 aliphatic heterocycles. The summed E-state index contributed by atoms with van der Waals surface area (Å²) in [6.07, 6.45) is 1.39. The molecule has 1 aliphatic carbocycles. The minimum Gasteiger partial charge on any atom is -0.494 e. The maximum atomic E-state index is 12.0. The van der Waals surface area contributed by atoms with Gasteiger partial charge in [-0.2, -0.15) is 0 Å². The van der Waals surface area contributed by atoms with Gasteiger partial charge in [0.15, 0.2) is 0 Å². The van der Waals surface area contributed by atoms with Crippen LogP contribution in [0.5, 0.6) is 5.75 Å². The van der Waals surface area contributed by atoms with Crippen LogP contribution < -0.4 is 15.4 Å². The molecule has 1 unspecified atom stereocenters. The summed E-state index contributed by atoms with van der Waals surface area (Å²) in [6, 6.07) is 5.30. The number of hydrogen-bond acceptors (Lipinski definition) is 3. The number of urea groups is 1. The first-order valence-electron chi connectivity index (χ1n) is 6.05. The minimum atomic E-state index is -0.889. The molecule has 1 aromatic rings. The summed E-state index contributed by atoms with van der Waals surface area (Å²) >= 11 is 0. The Labute approximate surface area is 105 Å². The van der Waals surface area contributed by atoms with Gasteiger partial charge in [-0.1, -0.05) is 6.07 Å². The summed E-state index contributed by atoms with van der Waals surface area (Å²) in [5.41, 5.74) is 1.06. The number of hydrogen-bond donors (Lipinski definition) is 2. The van der Waals surface area contributed by atoms with Crippen LogP contribution in [0.4, 0.5) is 4.79 Å². The minimum absolute atomic E-state index is 0.264. The van der Waals surface area contributed by atoms with Crippen molar-refractivity contribution in [2.45, 2.75) is 25.3 Å².